The van der Waals surface area contributed by atoms with E-state index in [1.807, 2.05) is 4.90 Å². The molecule has 0 spiro atoms. The van der Waals surface area contributed by atoms with E-state index in [9.17, 15) is 14.7 Å². The maximum Gasteiger partial charge on any atom is 0.247 e. The Balaban J connectivity index is 2.72. The molecule has 0 aromatic heterocycles. The molecule has 5 heteroatoms. The van der Waals surface area contributed by atoms with Crippen molar-refractivity contribution in [3.8, 4) is 0 Å². The van der Waals surface area contributed by atoms with Crippen molar-refractivity contribution >= 4 is 11.8 Å². The van der Waals surface area contributed by atoms with E-state index in [0.29, 0.717) is 5.92 Å². The number of carbonyl (C=O) groups excluding carboxylic acids is 2. The summed E-state index contributed by atoms with van der Waals surface area (Å²) in [6, 6.07) is -0.595. The van der Waals surface area contributed by atoms with E-state index in [2.05, 4.69) is 19.2 Å². The molecule has 1 aliphatic rings. The standard InChI is InChI=1S/C16H30N2O3/c1-11(2)9-12-7-6-8-18(12)14(20)13(10-19)17-15(21)16(3,4)5/h11-13,19H,6-10H2,1-5H3,(H,17,21). The number of aliphatic hydroxyl groups excluding tert-OH is 1. The van der Waals surface area contributed by atoms with Crippen molar-refractivity contribution in [3.05, 3.63) is 0 Å². The molecule has 0 aromatic rings. The molecule has 2 atom stereocenters. The molecule has 1 aliphatic heterocycles. The molecule has 0 aromatic carbocycles. The van der Waals surface area contributed by atoms with Gasteiger partial charge >= 0.3 is 0 Å². The summed E-state index contributed by atoms with van der Waals surface area (Å²) < 4.78 is 0. The first-order chi connectivity index (χ1) is 9.66. The summed E-state index contributed by atoms with van der Waals surface area (Å²) in [7, 11) is 0. The van der Waals surface area contributed by atoms with E-state index in [1.165, 1.54) is 0 Å². The highest BCUT2D eigenvalue weighted by atomic mass is 16.3. The van der Waals surface area contributed by atoms with Gasteiger partial charge in [-0.3, -0.25) is 9.59 Å². The van der Waals surface area contributed by atoms with Crippen molar-refractivity contribution in [1.29, 1.82) is 0 Å². The first kappa shape index (κ1) is 18.0. The maximum atomic E-state index is 12.6. The zero-order valence-corrected chi connectivity index (χ0v) is 14.0. The van der Waals surface area contributed by atoms with E-state index in [-0.39, 0.29) is 24.5 Å². The smallest absolute Gasteiger partial charge is 0.247 e. The van der Waals surface area contributed by atoms with Crippen LogP contribution in [-0.4, -0.2) is 47.1 Å². The number of nitrogens with one attached hydrogen (secondary N) is 1. The molecule has 1 saturated heterocycles. The number of aliphatic hydroxyl groups is 1. The van der Waals surface area contributed by atoms with E-state index in [0.717, 1.165) is 25.8 Å². The zero-order chi connectivity index (χ0) is 16.2. The van der Waals surface area contributed by atoms with Gasteiger partial charge in [0.2, 0.25) is 11.8 Å². The van der Waals surface area contributed by atoms with Gasteiger partial charge in [-0.1, -0.05) is 34.6 Å². The average Bonchev–Trinajstić information content (AvgIpc) is 2.80. The molecule has 0 saturated carbocycles. The third-order valence-electron chi connectivity index (χ3n) is 3.87. The lowest BCUT2D eigenvalue weighted by Crippen LogP contribution is -2.54. The van der Waals surface area contributed by atoms with Crippen LogP contribution in [-0.2, 0) is 9.59 Å². The quantitative estimate of drug-likeness (QED) is 0.809. The van der Waals surface area contributed by atoms with E-state index in [1.54, 1.807) is 20.8 Å². The predicted molar refractivity (Wildman–Crippen MR) is 82.7 cm³/mol. The molecule has 2 amide bonds. The predicted octanol–water partition coefficient (Wildman–Crippen LogP) is 1.55. The highest BCUT2D eigenvalue weighted by Gasteiger charge is 2.35. The Morgan fingerprint density at radius 3 is 2.43 bits per heavy atom. The minimum Gasteiger partial charge on any atom is -0.394 e. The largest absolute Gasteiger partial charge is 0.394 e. The number of nitrogens with zero attached hydrogens (tertiary/aromatic N) is 1. The Kier molecular flexibility index (Phi) is 6.20. The fourth-order valence-corrected chi connectivity index (χ4v) is 2.68. The Labute approximate surface area is 128 Å². The summed E-state index contributed by atoms with van der Waals surface area (Å²) in [6.07, 6.45) is 2.97. The van der Waals surface area contributed by atoms with Crippen molar-refractivity contribution in [1.82, 2.24) is 10.2 Å². The summed E-state index contributed by atoms with van der Waals surface area (Å²) in [6.45, 7) is 10.0. The molecule has 0 radical (unpaired) electrons. The molecule has 21 heavy (non-hydrogen) atoms. The van der Waals surface area contributed by atoms with Crippen LogP contribution in [0.5, 0.6) is 0 Å². The Hall–Kier alpha value is -1.10. The van der Waals surface area contributed by atoms with Crippen molar-refractivity contribution in [3.63, 3.8) is 0 Å². The van der Waals surface area contributed by atoms with Gasteiger partial charge in [-0.25, -0.2) is 0 Å². The third-order valence-corrected chi connectivity index (χ3v) is 3.87. The van der Waals surface area contributed by atoms with Crippen LogP contribution in [0.3, 0.4) is 0 Å². The fraction of sp³-hybridized carbons (Fsp3) is 0.875. The third kappa shape index (κ3) is 4.99. The van der Waals surface area contributed by atoms with Gasteiger partial charge in [0.15, 0.2) is 0 Å². The number of hydrogen-bond donors (Lipinski definition) is 2. The number of hydrogen-bond acceptors (Lipinski definition) is 3. The maximum absolute atomic E-state index is 12.6. The summed E-state index contributed by atoms with van der Waals surface area (Å²) in [5.41, 5.74) is -0.573. The van der Waals surface area contributed by atoms with Crippen LogP contribution in [0.2, 0.25) is 0 Å². The first-order valence-electron chi connectivity index (χ1n) is 7.89. The van der Waals surface area contributed by atoms with Gasteiger partial charge in [-0.15, -0.1) is 0 Å². The SMILES string of the molecule is CC(C)CC1CCCN1C(=O)C(CO)NC(=O)C(C)(C)C. The van der Waals surface area contributed by atoms with Gasteiger partial charge in [-0.05, 0) is 25.2 Å². The minimum absolute atomic E-state index is 0.154. The number of likely N-dealkylation sites (tertiary alicyclic amines) is 1. The molecule has 5 nitrogen and oxygen atoms in total. The highest BCUT2D eigenvalue weighted by molar-refractivity contribution is 5.90. The molecule has 2 N–H and O–H groups in total. The lowest BCUT2D eigenvalue weighted by atomic mass is 9.95. The van der Waals surface area contributed by atoms with Crippen molar-refractivity contribution in [2.24, 2.45) is 11.3 Å². The topological polar surface area (TPSA) is 69.6 Å². The van der Waals surface area contributed by atoms with Gasteiger partial charge in [0, 0.05) is 18.0 Å². The van der Waals surface area contributed by atoms with Crippen molar-refractivity contribution < 1.29 is 14.7 Å². The Bertz CT molecular complexity index is 374. The fourth-order valence-electron chi connectivity index (χ4n) is 2.68. The van der Waals surface area contributed by atoms with Gasteiger partial charge in [0.25, 0.3) is 0 Å². The lowest BCUT2D eigenvalue weighted by molar-refractivity contribution is -0.140. The molecule has 122 valence electrons. The van der Waals surface area contributed by atoms with Crippen LogP contribution >= 0.6 is 0 Å². The number of amides is 2. The monoisotopic (exact) mass is 298 g/mol. The Morgan fingerprint density at radius 2 is 1.95 bits per heavy atom. The second-order valence-corrected chi connectivity index (χ2v) is 7.42. The van der Waals surface area contributed by atoms with Crippen LogP contribution in [0.4, 0.5) is 0 Å². The zero-order valence-electron chi connectivity index (χ0n) is 14.0. The summed E-state index contributed by atoms with van der Waals surface area (Å²) in [4.78, 5) is 26.4. The van der Waals surface area contributed by atoms with Crippen LogP contribution in [0.1, 0.15) is 53.9 Å². The molecule has 1 rings (SSSR count). The molecule has 0 bridgehead atoms. The lowest BCUT2D eigenvalue weighted by Gasteiger charge is -2.30. The normalized spacial score (nSPS) is 20.7. The van der Waals surface area contributed by atoms with Gasteiger partial charge in [-0.2, -0.15) is 0 Å². The molecular formula is C16H30N2O3. The molecule has 0 aliphatic carbocycles. The van der Waals surface area contributed by atoms with Crippen molar-refractivity contribution in [2.75, 3.05) is 13.2 Å². The molecular weight excluding hydrogens is 268 g/mol. The van der Waals surface area contributed by atoms with E-state index < -0.39 is 11.5 Å². The number of carbonyl (C=O) groups is 2. The van der Waals surface area contributed by atoms with Crippen LogP contribution < -0.4 is 5.32 Å². The second kappa shape index (κ2) is 7.25. The summed E-state index contributed by atoms with van der Waals surface area (Å²) in [5, 5.41) is 12.2. The highest BCUT2D eigenvalue weighted by Crippen LogP contribution is 2.24. The van der Waals surface area contributed by atoms with E-state index in [4.69, 9.17) is 0 Å². The van der Waals surface area contributed by atoms with Crippen molar-refractivity contribution in [2.45, 2.75) is 66.0 Å². The first-order valence-corrected chi connectivity index (χ1v) is 7.89. The van der Waals surface area contributed by atoms with Gasteiger partial charge in [0.05, 0.1) is 6.61 Å². The van der Waals surface area contributed by atoms with E-state index >= 15 is 0 Å². The van der Waals surface area contributed by atoms with Crippen LogP contribution in [0, 0.1) is 11.3 Å². The summed E-state index contributed by atoms with van der Waals surface area (Å²) in [5.74, 6) is 0.160. The summed E-state index contributed by atoms with van der Waals surface area (Å²) >= 11 is 0. The second-order valence-electron chi connectivity index (χ2n) is 7.42. The van der Waals surface area contributed by atoms with Gasteiger partial charge < -0.3 is 15.3 Å². The molecule has 2 unspecified atom stereocenters. The number of rotatable bonds is 5. The Morgan fingerprint density at radius 1 is 1.33 bits per heavy atom. The van der Waals surface area contributed by atoms with Crippen LogP contribution in [0.25, 0.3) is 0 Å². The average molecular weight is 298 g/mol. The minimum atomic E-state index is -0.829. The molecule has 1 heterocycles. The van der Waals surface area contributed by atoms with Gasteiger partial charge in [0.1, 0.15) is 6.04 Å². The molecule has 1 fully saturated rings. The van der Waals surface area contributed by atoms with Crippen LogP contribution in [0.15, 0.2) is 0 Å².